The molecule has 0 saturated heterocycles. The van der Waals surface area contributed by atoms with Gasteiger partial charge in [-0.1, -0.05) is 0 Å². The first kappa shape index (κ1) is 14.3. The minimum Gasteiger partial charge on any atom is -0.468 e. The number of methoxy groups -OCH3 is 2. The van der Waals surface area contributed by atoms with Crippen LogP contribution in [0.25, 0.3) is 0 Å². The first-order chi connectivity index (χ1) is 7.06. The fraction of sp³-hybridized carbons (Fsp3) is 0.900. The van der Waals surface area contributed by atoms with E-state index in [-0.39, 0.29) is 18.1 Å². The van der Waals surface area contributed by atoms with Crippen LogP contribution in [-0.2, 0) is 14.3 Å². The van der Waals surface area contributed by atoms with Gasteiger partial charge in [0.25, 0.3) is 0 Å². The minimum absolute atomic E-state index is 0.242. The highest BCUT2D eigenvalue weighted by atomic mass is 16.5. The van der Waals surface area contributed by atoms with Crippen LogP contribution in [-0.4, -0.2) is 64.4 Å². The molecule has 1 N–H and O–H groups in total. The van der Waals surface area contributed by atoms with E-state index >= 15 is 0 Å². The highest BCUT2D eigenvalue weighted by Crippen LogP contribution is 1.99. The second kappa shape index (κ2) is 7.62. The molecular formula is C10H22N2O3. The maximum atomic E-state index is 11.3. The Kier molecular flexibility index (Phi) is 7.29. The van der Waals surface area contributed by atoms with Crippen molar-refractivity contribution >= 4 is 5.97 Å². The lowest BCUT2D eigenvalue weighted by Crippen LogP contribution is -2.47. The van der Waals surface area contributed by atoms with Crippen LogP contribution in [0.15, 0.2) is 0 Å². The van der Waals surface area contributed by atoms with Crippen LogP contribution < -0.4 is 5.32 Å². The van der Waals surface area contributed by atoms with Gasteiger partial charge in [-0.2, -0.15) is 0 Å². The van der Waals surface area contributed by atoms with Gasteiger partial charge in [0.1, 0.15) is 6.04 Å². The predicted molar refractivity (Wildman–Crippen MR) is 58.8 cm³/mol. The number of rotatable bonds is 7. The van der Waals surface area contributed by atoms with Crippen molar-refractivity contribution in [3.8, 4) is 0 Å². The molecule has 0 aromatic heterocycles. The van der Waals surface area contributed by atoms with Crippen LogP contribution >= 0.6 is 0 Å². The second-order valence-corrected chi connectivity index (χ2v) is 3.61. The van der Waals surface area contributed by atoms with E-state index in [2.05, 4.69) is 15.0 Å². The molecular weight excluding hydrogens is 196 g/mol. The smallest absolute Gasteiger partial charge is 0.324 e. The van der Waals surface area contributed by atoms with E-state index in [1.807, 2.05) is 14.0 Å². The van der Waals surface area contributed by atoms with Crippen molar-refractivity contribution in [1.29, 1.82) is 0 Å². The Balaban J connectivity index is 4.11. The predicted octanol–water partition coefficient (Wildman–Crippen LogP) is -0.286. The first-order valence-electron chi connectivity index (χ1n) is 5.01. The van der Waals surface area contributed by atoms with Crippen molar-refractivity contribution in [2.75, 3.05) is 41.5 Å². The molecule has 0 aromatic carbocycles. The zero-order chi connectivity index (χ0) is 11.8. The van der Waals surface area contributed by atoms with Gasteiger partial charge in [-0.3, -0.25) is 9.69 Å². The van der Waals surface area contributed by atoms with E-state index in [1.54, 1.807) is 14.2 Å². The molecule has 0 fully saturated rings. The summed E-state index contributed by atoms with van der Waals surface area (Å²) in [4.78, 5) is 13.4. The largest absolute Gasteiger partial charge is 0.468 e. The fourth-order valence-electron chi connectivity index (χ4n) is 1.26. The quantitative estimate of drug-likeness (QED) is 0.595. The number of likely N-dealkylation sites (N-methyl/N-ethyl adjacent to an activating group) is 2. The number of carbonyl (C=O) groups excluding carboxylic acids is 1. The molecule has 0 amide bonds. The number of nitrogens with one attached hydrogen (secondary N) is 1. The molecule has 0 aliphatic carbocycles. The summed E-state index contributed by atoms with van der Waals surface area (Å²) in [6.45, 7) is 3.30. The minimum atomic E-state index is -0.292. The van der Waals surface area contributed by atoms with Crippen LogP contribution in [0.1, 0.15) is 6.92 Å². The fourth-order valence-corrected chi connectivity index (χ4v) is 1.26. The first-order valence-corrected chi connectivity index (χ1v) is 5.01. The number of hydrogen-bond donors (Lipinski definition) is 1. The monoisotopic (exact) mass is 218 g/mol. The summed E-state index contributed by atoms with van der Waals surface area (Å²) in [6, 6.07) is -0.0187. The molecule has 2 unspecified atom stereocenters. The van der Waals surface area contributed by atoms with Crippen molar-refractivity contribution in [3.05, 3.63) is 0 Å². The zero-order valence-electron chi connectivity index (χ0n) is 10.2. The normalized spacial score (nSPS) is 15.1. The Morgan fingerprint density at radius 2 is 2.07 bits per heavy atom. The molecule has 15 heavy (non-hydrogen) atoms. The number of hydrogen-bond acceptors (Lipinski definition) is 5. The maximum Gasteiger partial charge on any atom is 0.324 e. The van der Waals surface area contributed by atoms with Gasteiger partial charge in [0, 0.05) is 19.7 Å². The molecule has 0 saturated carbocycles. The topological polar surface area (TPSA) is 50.8 Å². The number of carbonyl (C=O) groups is 1. The highest BCUT2D eigenvalue weighted by molar-refractivity contribution is 5.75. The van der Waals surface area contributed by atoms with E-state index in [4.69, 9.17) is 4.74 Å². The van der Waals surface area contributed by atoms with E-state index in [0.717, 1.165) is 0 Å². The summed E-state index contributed by atoms with van der Waals surface area (Å²) in [5.41, 5.74) is 0. The Labute approximate surface area is 91.7 Å². The molecule has 2 atom stereocenters. The third-order valence-corrected chi connectivity index (χ3v) is 2.47. The molecule has 0 spiro atoms. The third kappa shape index (κ3) is 5.11. The molecule has 0 aromatic rings. The van der Waals surface area contributed by atoms with Crippen LogP contribution in [0.2, 0.25) is 0 Å². The van der Waals surface area contributed by atoms with E-state index in [1.165, 1.54) is 7.11 Å². The van der Waals surface area contributed by atoms with Crippen molar-refractivity contribution in [1.82, 2.24) is 10.2 Å². The van der Waals surface area contributed by atoms with Gasteiger partial charge in [-0.05, 0) is 21.0 Å². The van der Waals surface area contributed by atoms with Gasteiger partial charge in [0.05, 0.1) is 13.7 Å². The third-order valence-electron chi connectivity index (χ3n) is 2.47. The second-order valence-electron chi connectivity index (χ2n) is 3.61. The average molecular weight is 218 g/mol. The Hall–Kier alpha value is -0.650. The van der Waals surface area contributed by atoms with Crippen LogP contribution in [0.3, 0.4) is 0 Å². The van der Waals surface area contributed by atoms with Gasteiger partial charge >= 0.3 is 5.97 Å². The zero-order valence-corrected chi connectivity index (χ0v) is 10.2. The Morgan fingerprint density at radius 3 is 2.47 bits per heavy atom. The Morgan fingerprint density at radius 1 is 1.47 bits per heavy atom. The standard InChI is InChI=1S/C10H22N2O3/c1-8(7-14-4)12(3)6-9(11-2)10(13)15-5/h8-9,11H,6-7H2,1-5H3. The van der Waals surface area contributed by atoms with E-state index in [9.17, 15) is 4.79 Å². The SMILES string of the molecule is CNC(CN(C)C(C)COC)C(=O)OC. The van der Waals surface area contributed by atoms with Gasteiger partial charge < -0.3 is 14.8 Å². The Bertz CT molecular complexity index is 188. The molecule has 0 heterocycles. The van der Waals surface area contributed by atoms with Gasteiger partial charge in [0.2, 0.25) is 0 Å². The maximum absolute atomic E-state index is 11.3. The van der Waals surface area contributed by atoms with Gasteiger partial charge in [-0.15, -0.1) is 0 Å². The number of ether oxygens (including phenoxy) is 2. The number of nitrogens with zero attached hydrogens (tertiary/aromatic N) is 1. The molecule has 0 radical (unpaired) electrons. The lowest BCUT2D eigenvalue weighted by Gasteiger charge is -2.27. The van der Waals surface area contributed by atoms with Gasteiger partial charge in [-0.25, -0.2) is 0 Å². The lowest BCUT2D eigenvalue weighted by atomic mass is 10.2. The van der Waals surface area contributed by atoms with E-state index in [0.29, 0.717) is 13.2 Å². The van der Waals surface area contributed by atoms with E-state index < -0.39 is 0 Å². The molecule has 0 bridgehead atoms. The van der Waals surface area contributed by atoms with Crippen LogP contribution in [0, 0.1) is 0 Å². The molecule has 0 rings (SSSR count). The van der Waals surface area contributed by atoms with Crippen molar-refractivity contribution < 1.29 is 14.3 Å². The number of esters is 1. The average Bonchev–Trinajstić information content (AvgIpc) is 2.24. The summed E-state index contributed by atoms with van der Waals surface area (Å²) < 4.78 is 9.73. The van der Waals surface area contributed by atoms with Gasteiger partial charge in [0.15, 0.2) is 0 Å². The van der Waals surface area contributed by atoms with Crippen LogP contribution in [0.4, 0.5) is 0 Å². The van der Waals surface area contributed by atoms with Crippen molar-refractivity contribution in [2.24, 2.45) is 0 Å². The van der Waals surface area contributed by atoms with Crippen LogP contribution in [0.5, 0.6) is 0 Å². The molecule has 5 nitrogen and oxygen atoms in total. The highest BCUT2D eigenvalue weighted by Gasteiger charge is 2.20. The summed E-state index contributed by atoms with van der Waals surface area (Å²) in [5.74, 6) is -0.242. The van der Waals surface area contributed by atoms with Crippen molar-refractivity contribution in [2.45, 2.75) is 19.0 Å². The summed E-state index contributed by atoms with van der Waals surface area (Å²) in [5, 5.41) is 2.92. The summed E-state index contributed by atoms with van der Waals surface area (Å²) in [7, 11) is 6.76. The molecule has 90 valence electrons. The summed E-state index contributed by atoms with van der Waals surface area (Å²) in [6.07, 6.45) is 0. The summed E-state index contributed by atoms with van der Waals surface area (Å²) >= 11 is 0. The lowest BCUT2D eigenvalue weighted by molar-refractivity contribution is -0.143. The van der Waals surface area contributed by atoms with Crippen molar-refractivity contribution in [3.63, 3.8) is 0 Å². The molecule has 0 aliphatic rings. The molecule has 0 aliphatic heterocycles. The molecule has 5 heteroatoms.